The van der Waals surface area contributed by atoms with Crippen LogP contribution < -0.4 is 15.0 Å². The zero-order valence-electron chi connectivity index (χ0n) is 13.6. The van der Waals surface area contributed by atoms with E-state index in [1.165, 1.54) is 18.5 Å². The number of ether oxygens (including phenoxy) is 1. The van der Waals surface area contributed by atoms with Crippen molar-refractivity contribution in [2.24, 2.45) is 4.99 Å². The number of hydrogen-bond donors (Lipinski definition) is 1. The zero-order chi connectivity index (χ0) is 15.4. The molecule has 2 aliphatic rings. The van der Waals surface area contributed by atoms with Gasteiger partial charge in [0, 0.05) is 38.8 Å². The fraction of sp³-hybridized carbons (Fsp3) is 0.588. The molecule has 5 nitrogen and oxygen atoms in total. The summed E-state index contributed by atoms with van der Waals surface area (Å²) in [6.45, 7) is 6.92. The van der Waals surface area contributed by atoms with Gasteiger partial charge in [-0.3, -0.25) is 4.99 Å². The Kier molecular flexibility index (Phi) is 4.71. The summed E-state index contributed by atoms with van der Waals surface area (Å²) in [6.07, 6.45) is 2.56. The van der Waals surface area contributed by atoms with E-state index >= 15 is 0 Å². The summed E-state index contributed by atoms with van der Waals surface area (Å²) in [5.74, 6) is 2.04. The zero-order valence-corrected chi connectivity index (χ0v) is 13.6. The molecule has 1 N–H and O–H groups in total. The lowest BCUT2D eigenvalue weighted by Crippen LogP contribution is -2.53. The van der Waals surface area contributed by atoms with Gasteiger partial charge in [0.1, 0.15) is 5.75 Å². The van der Waals surface area contributed by atoms with Crippen molar-refractivity contribution in [1.82, 2.24) is 10.2 Å². The minimum absolute atomic E-state index is 0.651. The van der Waals surface area contributed by atoms with Crippen LogP contribution >= 0.6 is 0 Å². The Labute approximate surface area is 133 Å². The van der Waals surface area contributed by atoms with Crippen molar-refractivity contribution in [2.45, 2.75) is 25.8 Å². The molecular formula is C17H26N4O. The predicted molar refractivity (Wildman–Crippen MR) is 90.9 cm³/mol. The van der Waals surface area contributed by atoms with Gasteiger partial charge in [0.2, 0.25) is 0 Å². The van der Waals surface area contributed by atoms with Gasteiger partial charge in [0.05, 0.1) is 12.8 Å². The number of methoxy groups -OCH3 is 1. The Balaban J connectivity index is 1.62. The third-order valence-corrected chi connectivity index (χ3v) is 4.22. The number of rotatable bonds is 4. The Hall–Kier alpha value is -1.91. The van der Waals surface area contributed by atoms with E-state index in [0.717, 1.165) is 44.4 Å². The monoisotopic (exact) mass is 302 g/mol. The van der Waals surface area contributed by atoms with E-state index in [9.17, 15) is 0 Å². The van der Waals surface area contributed by atoms with Crippen molar-refractivity contribution in [3.05, 3.63) is 24.3 Å². The van der Waals surface area contributed by atoms with Gasteiger partial charge in [-0.15, -0.1) is 0 Å². The molecule has 1 heterocycles. The number of nitrogens with zero attached hydrogens (tertiary/aromatic N) is 3. The van der Waals surface area contributed by atoms with E-state index < -0.39 is 0 Å². The number of benzene rings is 1. The van der Waals surface area contributed by atoms with Gasteiger partial charge in [-0.1, -0.05) is 12.1 Å². The maximum atomic E-state index is 5.48. The Morgan fingerprint density at radius 3 is 2.59 bits per heavy atom. The molecule has 0 amide bonds. The van der Waals surface area contributed by atoms with Crippen molar-refractivity contribution < 1.29 is 4.74 Å². The van der Waals surface area contributed by atoms with Crippen molar-refractivity contribution >= 4 is 11.6 Å². The summed E-state index contributed by atoms with van der Waals surface area (Å²) in [4.78, 5) is 9.43. The van der Waals surface area contributed by atoms with Crippen molar-refractivity contribution in [1.29, 1.82) is 0 Å². The van der Waals surface area contributed by atoms with Crippen LogP contribution in [0, 0.1) is 0 Å². The fourth-order valence-electron chi connectivity index (χ4n) is 2.85. The summed E-state index contributed by atoms with van der Waals surface area (Å²) < 4.78 is 5.48. The maximum Gasteiger partial charge on any atom is 0.194 e. The maximum absolute atomic E-state index is 5.48. The van der Waals surface area contributed by atoms with E-state index in [1.807, 2.05) is 12.1 Å². The van der Waals surface area contributed by atoms with Crippen molar-refractivity contribution in [3.63, 3.8) is 0 Å². The molecule has 1 aromatic carbocycles. The van der Waals surface area contributed by atoms with Crippen LogP contribution in [-0.4, -0.2) is 56.7 Å². The normalized spacial score (nSPS) is 19.3. The molecule has 1 aliphatic carbocycles. The van der Waals surface area contributed by atoms with Crippen LogP contribution in [0.5, 0.6) is 5.75 Å². The van der Waals surface area contributed by atoms with E-state index in [-0.39, 0.29) is 0 Å². The number of hydrogen-bond acceptors (Lipinski definition) is 3. The SMILES string of the molecule is CCN=C(NC1CC1)N1CCN(c2ccccc2OC)CC1. The van der Waals surface area contributed by atoms with Gasteiger partial charge in [-0.2, -0.15) is 0 Å². The molecule has 0 atom stereocenters. The van der Waals surface area contributed by atoms with Crippen molar-refractivity contribution in [2.75, 3.05) is 44.7 Å². The summed E-state index contributed by atoms with van der Waals surface area (Å²) in [6, 6.07) is 8.91. The van der Waals surface area contributed by atoms with Crippen LogP contribution in [0.1, 0.15) is 19.8 Å². The van der Waals surface area contributed by atoms with E-state index in [4.69, 9.17) is 4.74 Å². The third-order valence-electron chi connectivity index (χ3n) is 4.22. The smallest absolute Gasteiger partial charge is 0.194 e. The number of aliphatic imine (C=N–C) groups is 1. The first-order valence-electron chi connectivity index (χ1n) is 8.25. The lowest BCUT2D eigenvalue weighted by molar-refractivity contribution is 0.366. The highest BCUT2D eigenvalue weighted by Crippen LogP contribution is 2.28. The first kappa shape index (κ1) is 15.0. The van der Waals surface area contributed by atoms with Gasteiger partial charge in [-0.25, -0.2) is 0 Å². The molecule has 5 heteroatoms. The van der Waals surface area contributed by atoms with E-state index in [1.54, 1.807) is 7.11 Å². The second kappa shape index (κ2) is 6.90. The van der Waals surface area contributed by atoms with Crippen LogP contribution in [0.2, 0.25) is 0 Å². The summed E-state index contributed by atoms with van der Waals surface area (Å²) in [7, 11) is 1.74. The lowest BCUT2D eigenvalue weighted by atomic mass is 10.2. The van der Waals surface area contributed by atoms with Crippen LogP contribution in [0.4, 0.5) is 5.69 Å². The molecule has 2 fully saturated rings. The predicted octanol–water partition coefficient (Wildman–Crippen LogP) is 1.95. The molecule has 22 heavy (non-hydrogen) atoms. The highest BCUT2D eigenvalue weighted by Gasteiger charge is 2.27. The second-order valence-corrected chi connectivity index (χ2v) is 5.86. The molecule has 1 saturated carbocycles. The quantitative estimate of drug-likeness (QED) is 0.682. The molecule has 0 bridgehead atoms. The van der Waals surface area contributed by atoms with Gasteiger partial charge in [0.25, 0.3) is 0 Å². The molecule has 3 rings (SSSR count). The first-order valence-corrected chi connectivity index (χ1v) is 8.25. The number of anilines is 1. The first-order chi connectivity index (χ1) is 10.8. The molecular weight excluding hydrogens is 276 g/mol. The number of guanidine groups is 1. The number of para-hydroxylation sites is 2. The lowest BCUT2D eigenvalue weighted by Gasteiger charge is -2.38. The minimum atomic E-state index is 0.651. The fourth-order valence-corrected chi connectivity index (χ4v) is 2.85. The average molecular weight is 302 g/mol. The molecule has 1 aromatic rings. The second-order valence-electron chi connectivity index (χ2n) is 5.86. The molecule has 0 spiro atoms. The molecule has 0 radical (unpaired) electrons. The van der Waals surface area contributed by atoms with Gasteiger partial charge in [-0.05, 0) is 31.9 Å². The minimum Gasteiger partial charge on any atom is -0.495 e. The van der Waals surface area contributed by atoms with Gasteiger partial charge < -0.3 is 19.9 Å². The number of piperazine rings is 1. The third kappa shape index (κ3) is 3.46. The van der Waals surface area contributed by atoms with Crippen LogP contribution in [0.25, 0.3) is 0 Å². The van der Waals surface area contributed by atoms with Gasteiger partial charge >= 0.3 is 0 Å². The molecule has 1 aliphatic heterocycles. The Morgan fingerprint density at radius 2 is 1.95 bits per heavy atom. The van der Waals surface area contributed by atoms with E-state index in [0.29, 0.717) is 6.04 Å². The Bertz CT molecular complexity index is 519. The topological polar surface area (TPSA) is 40.1 Å². The van der Waals surface area contributed by atoms with Crippen molar-refractivity contribution in [3.8, 4) is 5.75 Å². The highest BCUT2D eigenvalue weighted by molar-refractivity contribution is 5.81. The molecule has 1 saturated heterocycles. The summed E-state index contributed by atoms with van der Waals surface area (Å²) in [5, 5.41) is 3.57. The standard InChI is InChI=1S/C17H26N4O/c1-3-18-17(19-14-8-9-14)21-12-10-20(11-13-21)15-6-4-5-7-16(15)22-2/h4-7,14H,3,8-13H2,1-2H3,(H,18,19). The largest absolute Gasteiger partial charge is 0.495 e. The van der Waals surface area contributed by atoms with E-state index in [2.05, 4.69) is 39.2 Å². The highest BCUT2D eigenvalue weighted by atomic mass is 16.5. The number of nitrogens with one attached hydrogen (secondary N) is 1. The average Bonchev–Trinajstić information content (AvgIpc) is 3.39. The van der Waals surface area contributed by atoms with Gasteiger partial charge in [0.15, 0.2) is 5.96 Å². The van der Waals surface area contributed by atoms with Crippen LogP contribution in [-0.2, 0) is 0 Å². The van der Waals surface area contributed by atoms with Crippen LogP contribution in [0.15, 0.2) is 29.3 Å². The molecule has 0 unspecified atom stereocenters. The van der Waals surface area contributed by atoms with Crippen LogP contribution in [0.3, 0.4) is 0 Å². The summed E-state index contributed by atoms with van der Waals surface area (Å²) in [5.41, 5.74) is 1.19. The molecule has 120 valence electrons. The summed E-state index contributed by atoms with van der Waals surface area (Å²) >= 11 is 0. The Morgan fingerprint density at radius 1 is 1.23 bits per heavy atom. The molecule has 0 aromatic heterocycles.